The molecule has 0 saturated carbocycles. The summed E-state index contributed by atoms with van der Waals surface area (Å²) < 4.78 is 1.74. The van der Waals surface area contributed by atoms with Crippen LogP contribution >= 0.6 is 22.7 Å². The Morgan fingerprint density at radius 3 is 3.04 bits per heavy atom. The van der Waals surface area contributed by atoms with Crippen LogP contribution in [0, 0.1) is 0 Å². The van der Waals surface area contributed by atoms with Crippen LogP contribution in [0.15, 0.2) is 34.6 Å². The number of amides is 1. The van der Waals surface area contributed by atoms with Crippen LogP contribution in [-0.2, 0) is 7.05 Å². The number of aromatic nitrogens is 3. The molecule has 1 aliphatic heterocycles. The van der Waals surface area contributed by atoms with Crippen molar-refractivity contribution in [3.05, 3.63) is 45.9 Å². The normalized spacial score (nSPS) is 17.8. The van der Waals surface area contributed by atoms with Gasteiger partial charge in [0.25, 0.3) is 5.91 Å². The molecule has 4 rings (SSSR count). The fourth-order valence-corrected chi connectivity index (χ4v) is 4.48. The number of thiazole rings is 1. The molecule has 0 bridgehead atoms. The van der Waals surface area contributed by atoms with Crippen molar-refractivity contribution in [1.82, 2.24) is 19.7 Å². The number of carbonyl (C=O) groups excluding carboxylic acids is 1. The highest BCUT2D eigenvalue weighted by Crippen LogP contribution is 2.34. The van der Waals surface area contributed by atoms with E-state index in [4.69, 9.17) is 0 Å². The highest BCUT2D eigenvalue weighted by atomic mass is 32.1. The molecule has 0 spiro atoms. The van der Waals surface area contributed by atoms with Gasteiger partial charge in [0.15, 0.2) is 0 Å². The first kappa shape index (κ1) is 14.6. The van der Waals surface area contributed by atoms with Gasteiger partial charge in [-0.3, -0.25) is 9.48 Å². The molecule has 1 aliphatic rings. The minimum absolute atomic E-state index is 0.0325. The molecule has 1 amide bonds. The van der Waals surface area contributed by atoms with Gasteiger partial charge in [-0.2, -0.15) is 16.4 Å². The lowest BCUT2D eigenvalue weighted by Crippen LogP contribution is -2.30. The molecule has 3 aromatic heterocycles. The van der Waals surface area contributed by atoms with Crippen LogP contribution in [0.4, 0.5) is 0 Å². The highest BCUT2D eigenvalue weighted by molar-refractivity contribution is 7.13. The molecule has 0 aliphatic carbocycles. The molecule has 4 heterocycles. The number of hydrogen-bond acceptors (Lipinski definition) is 5. The third-order valence-corrected chi connectivity index (χ3v) is 5.71. The van der Waals surface area contributed by atoms with E-state index in [1.54, 1.807) is 22.2 Å². The van der Waals surface area contributed by atoms with Gasteiger partial charge >= 0.3 is 0 Å². The predicted octanol–water partition coefficient (Wildman–Crippen LogP) is 3.58. The third kappa shape index (κ3) is 2.70. The number of nitrogens with zero attached hydrogens (tertiary/aromatic N) is 4. The summed E-state index contributed by atoms with van der Waals surface area (Å²) in [5, 5.41) is 11.1. The smallest absolute Gasteiger partial charge is 0.273 e. The van der Waals surface area contributed by atoms with E-state index in [-0.39, 0.29) is 11.9 Å². The summed E-state index contributed by atoms with van der Waals surface area (Å²) in [5.41, 5.74) is 2.73. The zero-order valence-electron chi connectivity index (χ0n) is 12.7. The zero-order valence-corrected chi connectivity index (χ0v) is 14.3. The van der Waals surface area contributed by atoms with Crippen molar-refractivity contribution in [2.24, 2.45) is 7.05 Å². The molecular formula is C16H16N4OS2. The minimum Gasteiger partial charge on any atom is -0.330 e. The van der Waals surface area contributed by atoms with E-state index in [1.165, 1.54) is 16.9 Å². The Kier molecular flexibility index (Phi) is 3.74. The molecular weight excluding hydrogens is 328 g/mol. The number of carbonyl (C=O) groups is 1. The Hall–Kier alpha value is -1.99. The number of rotatable bonds is 3. The van der Waals surface area contributed by atoms with Gasteiger partial charge in [0.2, 0.25) is 0 Å². The molecule has 0 aromatic carbocycles. The van der Waals surface area contributed by atoms with Crippen molar-refractivity contribution in [2.45, 2.75) is 18.9 Å². The summed E-state index contributed by atoms with van der Waals surface area (Å²) in [6.45, 7) is 0.805. The quantitative estimate of drug-likeness (QED) is 0.730. The van der Waals surface area contributed by atoms with E-state index < -0.39 is 0 Å². The number of hydrogen-bond donors (Lipinski definition) is 0. The highest BCUT2D eigenvalue weighted by Gasteiger charge is 2.31. The third-order valence-electron chi connectivity index (χ3n) is 4.12. The van der Waals surface area contributed by atoms with Crippen molar-refractivity contribution in [3.63, 3.8) is 0 Å². The Bertz CT molecular complexity index is 821. The maximum Gasteiger partial charge on any atom is 0.273 e. The second kappa shape index (κ2) is 5.90. The Labute approximate surface area is 142 Å². The molecule has 118 valence electrons. The standard InChI is InChI=1S/C16H16N4OS2/c1-19-8-12(7-17-19)15-18-13(10-23-15)16(21)20-5-2-3-14(20)11-4-6-22-9-11/h4,6-10,14H,2-3,5H2,1H3. The number of thiophene rings is 1. The molecule has 1 fully saturated rings. The van der Waals surface area contributed by atoms with Crippen LogP contribution in [0.3, 0.4) is 0 Å². The van der Waals surface area contributed by atoms with Crippen molar-refractivity contribution in [3.8, 4) is 10.6 Å². The summed E-state index contributed by atoms with van der Waals surface area (Å²) >= 11 is 3.17. The maximum absolute atomic E-state index is 12.9. The number of aryl methyl sites for hydroxylation is 1. The average molecular weight is 344 g/mol. The Morgan fingerprint density at radius 2 is 2.30 bits per heavy atom. The SMILES string of the molecule is Cn1cc(-c2nc(C(=O)N3CCCC3c3ccsc3)cs2)cn1. The fourth-order valence-electron chi connectivity index (χ4n) is 3.00. The van der Waals surface area contributed by atoms with Gasteiger partial charge in [-0.05, 0) is 35.2 Å². The molecule has 1 saturated heterocycles. The molecule has 1 atom stereocenters. The van der Waals surface area contributed by atoms with Gasteiger partial charge in [0.1, 0.15) is 10.7 Å². The van der Waals surface area contributed by atoms with Crippen LogP contribution in [0.1, 0.15) is 34.9 Å². The molecule has 5 nitrogen and oxygen atoms in total. The van der Waals surface area contributed by atoms with Crippen LogP contribution in [0.2, 0.25) is 0 Å². The Morgan fingerprint density at radius 1 is 1.39 bits per heavy atom. The first-order chi connectivity index (χ1) is 11.2. The van der Waals surface area contributed by atoms with Gasteiger partial charge in [-0.15, -0.1) is 11.3 Å². The fraction of sp³-hybridized carbons (Fsp3) is 0.312. The predicted molar refractivity (Wildman–Crippen MR) is 91.6 cm³/mol. The molecule has 23 heavy (non-hydrogen) atoms. The van der Waals surface area contributed by atoms with Crippen LogP contribution in [0.5, 0.6) is 0 Å². The van der Waals surface area contributed by atoms with Crippen molar-refractivity contribution in [1.29, 1.82) is 0 Å². The maximum atomic E-state index is 12.9. The Balaban J connectivity index is 1.58. The summed E-state index contributed by atoms with van der Waals surface area (Å²) in [4.78, 5) is 19.3. The van der Waals surface area contributed by atoms with E-state index in [1.807, 2.05) is 23.5 Å². The van der Waals surface area contributed by atoms with E-state index >= 15 is 0 Å². The molecule has 0 radical (unpaired) electrons. The van der Waals surface area contributed by atoms with E-state index in [9.17, 15) is 4.79 Å². The van der Waals surface area contributed by atoms with Crippen molar-refractivity contribution < 1.29 is 4.79 Å². The second-order valence-electron chi connectivity index (χ2n) is 5.65. The van der Waals surface area contributed by atoms with E-state index in [0.29, 0.717) is 5.69 Å². The van der Waals surface area contributed by atoms with E-state index in [0.717, 1.165) is 30.0 Å². The minimum atomic E-state index is 0.0325. The van der Waals surface area contributed by atoms with Gasteiger partial charge in [0.05, 0.1) is 12.2 Å². The second-order valence-corrected chi connectivity index (χ2v) is 7.29. The summed E-state index contributed by atoms with van der Waals surface area (Å²) in [5.74, 6) is 0.0325. The van der Waals surface area contributed by atoms with Crippen LogP contribution < -0.4 is 0 Å². The van der Waals surface area contributed by atoms with Crippen LogP contribution in [0.25, 0.3) is 10.6 Å². The average Bonchev–Trinajstić information content (AvgIpc) is 3.31. The van der Waals surface area contributed by atoms with Crippen LogP contribution in [-0.4, -0.2) is 32.1 Å². The molecule has 7 heteroatoms. The largest absolute Gasteiger partial charge is 0.330 e. The summed E-state index contributed by atoms with van der Waals surface area (Å²) in [6, 6.07) is 2.31. The summed E-state index contributed by atoms with van der Waals surface area (Å²) in [6.07, 6.45) is 5.77. The monoisotopic (exact) mass is 344 g/mol. The topological polar surface area (TPSA) is 51.0 Å². The van der Waals surface area contributed by atoms with Crippen molar-refractivity contribution >= 4 is 28.6 Å². The lowest BCUT2D eigenvalue weighted by Gasteiger charge is -2.23. The lowest BCUT2D eigenvalue weighted by atomic mass is 10.1. The zero-order chi connectivity index (χ0) is 15.8. The van der Waals surface area contributed by atoms with Gasteiger partial charge in [0, 0.05) is 30.7 Å². The van der Waals surface area contributed by atoms with Gasteiger partial charge in [-0.25, -0.2) is 4.98 Å². The first-order valence-corrected chi connectivity index (χ1v) is 9.32. The lowest BCUT2D eigenvalue weighted by molar-refractivity contribution is 0.0731. The van der Waals surface area contributed by atoms with Gasteiger partial charge < -0.3 is 4.90 Å². The molecule has 1 unspecified atom stereocenters. The summed E-state index contributed by atoms with van der Waals surface area (Å²) in [7, 11) is 1.87. The van der Waals surface area contributed by atoms with Crippen molar-refractivity contribution in [2.75, 3.05) is 6.54 Å². The van der Waals surface area contributed by atoms with E-state index in [2.05, 4.69) is 26.9 Å². The molecule has 0 N–H and O–H groups in total. The number of likely N-dealkylation sites (tertiary alicyclic amines) is 1. The first-order valence-electron chi connectivity index (χ1n) is 7.50. The molecule has 3 aromatic rings. The van der Waals surface area contributed by atoms with Gasteiger partial charge in [-0.1, -0.05) is 0 Å².